The van der Waals surface area contributed by atoms with Crippen LogP contribution in [0.3, 0.4) is 0 Å². The van der Waals surface area contributed by atoms with Gasteiger partial charge in [-0.2, -0.15) is 0 Å². The Bertz CT molecular complexity index is 1040. The van der Waals surface area contributed by atoms with Crippen LogP contribution in [0.2, 0.25) is 0 Å². The molecule has 0 aromatic carbocycles. The number of hydrogen-bond acceptors (Lipinski definition) is 5. The zero-order valence-corrected chi connectivity index (χ0v) is 27.3. The van der Waals surface area contributed by atoms with Crippen LogP contribution in [0.1, 0.15) is 120 Å². The highest BCUT2D eigenvalue weighted by molar-refractivity contribution is 5.21. The maximum Gasteiger partial charge on any atom is 0.186 e. The van der Waals surface area contributed by atoms with Gasteiger partial charge in [-0.15, -0.1) is 0 Å². The number of fused-ring (bicyclic) bond motifs is 7. The average molecular weight is 573 g/mol. The largest absolute Gasteiger partial charge is 0.388 e. The SMILES string of the molecule is C=C(C)[C@@H]1CC[C@]2(C)CC[C@]3(C)[C@H](CC[C@@H]4[C@@]5(C)CC[C@H](O[C@H]6O[C@H](C)[C@@H](O)[C@H](O)[C@@H]6O)C(C)(C)[C@@H]5CC[C@]43C)[C@@H]12. The molecule has 0 unspecified atom stereocenters. The molecule has 15 atom stereocenters. The van der Waals surface area contributed by atoms with Gasteiger partial charge in [0.25, 0.3) is 0 Å². The van der Waals surface area contributed by atoms with Crippen LogP contribution in [0.4, 0.5) is 0 Å². The summed E-state index contributed by atoms with van der Waals surface area (Å²) in [5.74, 6) is 3.53. The summed E-state index contributed by atoms with van der Waals surface area (Å²) in [6.45, 7) is 23.9. The van der Waals surface area contributed by atoms with Crippen molar-refractivity contribution >= 4 is 0 Å². The van der Waals surface area contributed by atoms with E-state index in [2.05, 4.69) is 55.0 Å². The van der Waals surface area contributed by atoms with Gasteiger partial charge in [-0.05, 0) is 135 Å². The van der Waals surface area contributed by atoms with Crippen molar-refractivity contribution in [1.82, 2.24) is 0 Å². The number of hydrogen-bond donors (Lipinski definition) is 3. The molecular formula is C36H60O5. The van der Waals surface area contributed by atoms with E-state index in [9.17, 15) is 15.3 Å². The molecule has 0 aromatic rings. The van der Waals surface area contributed by atoms with E-state index in [4.69, 9.17) is 9.47 Å². The van der Waals surface area contributed by atoms with Gasteiger partial charge in [0.05, 0.1) is 12.2 Å². The van der Waals surface area contributed by atoms with E-state index in [0.717, 1.165) is 24.7 Å². The minimum Gasteiger partial charge on any atom is -0.388 e. The molecule has 5 aliphatic carbocycles. The predicted molar refractivity (Wildman–Crippen MR) is 162 cm³/mol. The summed E-state index contributed by atoms with van der Waals surface area (Å²) in [4.78, 5) is 0. The molecule has 41 heavy (non-hydrogen) atoms. The van der Waals surface area contributed by atoms with E-state index in [1.54, 1.807) is 6.92 Å². The Hall–Kier alpha value is -0.460. The summed E-state index contributed by atoms with van der Waals surface area (Å²) in [6.07, 6.45) is 7.59. The number of ether oxygens (including phenoxy) is 2. The zero-order valence-electron chi connectivity index (χ0n) is 27.3. The molecule has 0 radical (unpaired) electrons. The first-order chi connectivity index (χ1) is 19.0. The van der Waals surface area contributed by atoms with Gasteiger partial charge in [-0.25, -0.2) is 0 Å². The summed E-state index contributed by atoms with van der Waals surface area (Å²) in [5, 5.41) is 31.3. The molecule has 6 rings (SSSR count). The third kappa shape index (κ3) is 4.10. The summed E-state index contributed by atoms with van der Waals surface area (Å²) < 4.78 is 12.4. The lowest BCUT2D eigenvalue weighted by Gasteiger charge is -2.73. The lowest BCUT2D eigenvalue weighted by molar-refractivity contribution is -0.326. The van der Waals surface area contributed by atoms with Crippen molar-refractivity contribution in [3.05, 3.63) is 12.2 Å². The number of allylic oxidation sites excluding steroid dienone is 1. The van der Waals surface area contributed by atoms with Crippen LogP contribution < -0.4 is 0 Å². The molecule has 6 fully saturated rings. The second-order valence-corrected chi connectivity index (χ2v) is 17.5. The van der Waals surface area contributed by atoms with Crippen molar-refractivity contribution in [2.24, 2.45) is 56.7 Å². The maximum atomic E-state index is 10.7. The fraction of sp³-hybridized carbons (Fsp3) is 0.944. The monoisotopic (exact) mass is 572 g/mol. The predicted octanol–water partition coefficient (Wildman–Crippen LogP) is 6.88. The van der Waals surface area contributed by atoms with Crippen LogP contribution in [0.25, 0.3) is 0 Å². The van der Waals surface area contributed by atoms with Gasteiger partial charge in [0.15, 0.2) is 6.29 Å². The van der Waals surface area contributed by atoms with Gasteiger partial charge in [0, 0.05) is 0 Å². The molecule has 1 aliphatic heterocycles. The number of aliphatic hydroxyl groups is 3. The van der Waals surface area contributed by atoms with Gasteiger partial charge < -0.3 is 24.8 Å². The van der Waals surface area contributed by atoms with Crippen LogP contribution in [-0.2, 0) is 9.47 Å². The molecule has 0 amide bonds. The Labute approximate surface area is 249 Å². The quantitative estimate of drug-likeness (QED) is 0.254. The third-order valence-electron chi connectivity index (χ3n) is 15.5. The van der Waals surface area contributed by atoms with E-state index in [1.807, 2.05) is 0 Å². The lowest BCUT2D eigenvalue weighted by atomic mass is 9.32. The van der Waals surface area contributed by atoms with Gasteiger partial charge >= 0.3 is 0 Å². The Morgan fingerprint density at radius 1 is 0.756 bits per heavy atom. The zero-order chi connectivity index (χ0) is 29.9. The van der Waals surface area contributed by atoms with Crippen LogP contribution in [-0.4, -0.2) is 52.1 Å². The first-order valence-electron chi connectivity index (χ1n) is 17.0. The van der Waals surface area contributed by atoms with Crippen LogP contribution >= 0.6 is 0 Å². The molecule has 0 spiro atoms. The summed E-state index contributed by atoms with van der Waals surface area (Å²) in [5.41, 5.74) is 2.80. The molecule has 1 heterocycles. The Kier molecular flexibility index (Phi) is 7.28. The molecule has 3 N–H and O–H groups in total. The molecular weight excluding hydrogens is 512 g/mol. The van der Waals surface area contributed by atoms with E-state index in [1.165, 1.54) is 56.9 Å². The van der Waals surface area contributed by atoms with Crippen LogP contribution in [0, 0.1) is 56.7 Å². The van der Waals surface area contributed by atoms with Crippen molar-refractivity contribution in [3.8, 4) is 0 Å². The van der Waals surface area contributed by atoms with Crippen molar-refractivity contribution in [2.75, 3.05) is 0 Å². The molecule has 234 valence electrons. The minimum absolute atomic E-state index is 0.0589. The molecule has 0 bridgehead atoms. The summed E-state index contributed by atoms with van der Waals surface area (Å²) in [7, 11) is 0. The van der Waals surface area contributed by atoms with Crippen molar-refractivity contribution < 1.29 is 24.8 Å². The summed E-state index contributed by atoms with van der Waals surface area (Å²) >= 11 is 0. The smallest absolute Gasteiger partial charge is 0.186 e. The number of rotatable bonds is 3. The van der Waals surface area contributed by atoms with E-state index in [0.29, 0.717) is 34.0 Å². The normalized spacial score (nSPS) is 58.1. The van der Waals surface area contributed by atoms with E-state index < -0.39 is 30.7 Å². The van der Waals surface area contributed by atoms with Crippen LogP contribution in [0.15, 0.2) is 12.2 Å². The standard InChI is InChI=1S/C36H60O5/c1-20(2)22-12-15-33(6)18-19-35(8)23(27(22)33)10-11-25-34(7)16-14-26(32(4,5)24(34)13-17-36(25,35)9)41-31-30(39)29(38)28(37)21(3)40-31/h21-31,37-39H,1,10-19H2,2-9H3/t21-,22+,23-,24+,25-,26+,27-,28-,29+,30+,31-,33-,34+,35-,36-/m1/s1. The van der Waals surface area contributed by atoms with Gasteiger partial charge in [-0.1, -0.05) is 53.7 Å². The average Bonchev–Trinajstić information content (AvgIpc) is 3.25. The van der Waals surface area contributed by atoms with Gasteiger partial charge in [-0.3, -0.25) is 0 Å². The van der Waals surface area contributed by atoms with E-state index >= 15 is 0 Å². The highest BCUT2D eigenvalue weighted by Crippen LogP contribution is 2.77. The van der Waals surface area contributed by atoms with Crippen molar-refractivity contribution in [3.63, 3.8) is 0 Å². The van der Waals surface area contributed by atoms with Gasteiger partial charge in [0.2, 0.25) is 0 Å². The first-order valence-corrected chi connectivity index (χ1v) is 17.0. The third-order valence-corrected chi connectivity index (χ3v) is 15.5. The summed E-state index contributed by atoms with van der Waals surface area (Å²) in [6, 6.07) is 0. The molecule has 0 aromatic heterocycles. The fourth-order valence-electron chi connectivity index (χ4n) is 13.0. The Morgan fingerprint density at radius 2 is 1.46 bits per heavy atom. The van der Waals surface area contributed by atoms with Crippen LogP contribution in [0.5, 0.6) is 0 Å². The topological polar surface area (TPSA) is 79.2 Å². The second kappa shape index (κ2) is 9.77. The molecule has 5 saturated carbocycles. The van der Waals surface area contributed by atoms with E-state index in [-0.39, 0.29) is 16.9 Å². The molecule has 1 saturated heterocycles. The number of aliphatic hydroxyl groups excluding tert-OH is 3. The second-order valence-electron chi connectivity index (χ2n) is 17.5. The highest BCUT2D eigenvalue weighted by atomic mass is 16.7. The fourth-order valence-corrected chi connectivity index (χ4v) is 13.0. The Morgan fingerprint density at radius 3 is 2.15 bits per heavy atom. The highest BCUT2D eigenvalue weighted by Gasteiger charge is 2.70. The Balaban J connectivity index is 1.26. The maximum absolute atomic E-state index is 10.7. The lowest BCUT2D eigenvalue weighted by Crippen LogP contribution is -2.67. The van der Waals surface area contributed by atoms with Gasteiger partial charge in [0.1, 0.15) is 18.3 Å². The minimum atomic E-state index is -1.26. The molecule has 6 aliphatic rings. The molecule has 5 heteroatoms. The molecule has 5 nitrogen and oxygen atoms in total. The first kappa shape index (κ1) is 30.6. The van der Waals surface area contributed by atoms with Crippen molar-refractivity contribution in [2.45, 2.75) is 156 Å². The van der Waals surface area contributed by atoms with Crippen molar-refractivity contribution in [1.29, 1.82) is 0 Å².